The maximum absolute atomic E-state index is 14.8. The normalized spacial score (nSPS) is 17.0. The van der Waals surface area contributed by atoms with E-state index in [9.17, 15) is 36.3 Å². The highest BCUT2D eigenvalue weighted by Crippen LogP contribution is 2.27. The fraction of sp³-hybridized carbons (Fsp3) is 0.333. The van der Waals surface area contributed by atoms with Crippen LogP contribution in [0.2, 0.25) is 0 Å². The number of nitrogens with zero attached hydrogens (tertiary/aromatic N) is 3. The van der Waals surface area contributed by atoms with Crippen molar-refractivity contribution in [3.05, 3.63) is 63.9 Å². The molecule has 2 aromatic heterocycles. The van der Waals surface area contributed by atoms with Gasteiger partial charge in [0.2, 0.25) is 11.3 Å². The van der Waals surface area contributed by atoms with Gasteiger partial charge < -0.3 is 5.32 Å². The van der Waals surface area contributed by atoms with Crippen LogP contribution in [-0.4, -0.2) is 40.1 Å². The standard InChI is InChI=1S/C24H21F5N4O3/c1-3-18(24(27,28)29)30-23(36)15-11-32(17-6-4-13(25)9-16(17)26)22-14(21(15)35)5-7-19(31-22)33-10-12(2)8-20(33)34/h4-7,9,11-12,18H,3,8,10H2,1-2H3,(H,30,36)/t12?,18-/m1/s1. The summed E-state index contributed by atoms with van der Waals surface area (Å²) < 4.78 is 68.9. The Morgan fingerprint density at radius 2 is 1.92 bits per heavy atom. The van der Waals surface area contributed by atoms with Gasteiger partial charge in [-0.1, -0.05) is 13.8 Å². The molecule has 0 saturated carbocycles. The number of benzene rings is 1. The van der Waals surface area contributed by atoms with E-state index >= 15 is 0 Å². The van der Waals surface area contributed by atoms with E-state index in [0.717, 1.165) is 22.9 Å². The van der Waals surface area contributed by atoms with E-state index in [0.29, 0.717) is 12.6 Å². The van der Waals surface area contributed by atoms with Crippen LogP contribution >= 0.6 is 0 Å². The van der Waals surface area contributed by atoms with Gasteiger partial charge in [0, 0.05) is 25.2 Å². The molecule has 1 aliphatic rings. The second kappa shape index (κ2) is 9.32. The maximum atomic E-state index is 14.8. The third kappa shape index (κ3) is 4.67. The molecule has 2 amide bonds. The summed E-state index contributed by atoms with van der Waals surface area (Å²) >= 11 is 0. The first-order valence-electron chi connectivity index (χ1n) is 11.1. The topological polar surface area (TPSA) is 84.3 Å². The van der Waals surface area contributed by atoms with Crippen LogP contribution in [0.4, 0.5) is 27.8 Å². The first-order valence-corrected chi connectivity index (χ1v) is 11.1. The van der Waals surface area contributed by atoms with Crippen LogP contribution in [0.1, 0.15) is 37.0 Å². The van der Waals surface area contributed by atoms with Crippen molar-refractivity contribution in [2.45, 2.75) is 38.9 Å². The van der Waals surface area contributed by atoms with Gasteiger partial charge in [0.1, 0.15) is 29.1 Å². The Bertz CT molecular complexity index is 1420. The number of amides is 2. The lowest BCUT2D eigenvalue weighted by molar-refractivity contribution is -0.153. The van der Waals surface area contributed by atoms with E-state index in [1.54, 1.807) is 5.32 Å². The molecule has 36 heavy (non-hydrogen) atoms. The zero-order chi connectivity index (χ0) is 26.4. The molecule has 1 saturated heterocycles. The third-order valence-electron chi connectivity index (χ3n) is 5.95. The van der Waals surface area contributed by atoms with Crippen LogP contribution in [-0.2, 0) is 4.79 Å². The maximum Gasteiger partial charge on any atom is 0.408 e. The summed E-state index contributed by atoms with van der Waals surface area (Å²) in [5.74, 6) is -3.24. The van der Waals surface area contributed by atoms with Gasteiger partial charge in [-0.3, -0.25) is 23.9 Å². The van der Waals surface area contributed by atoms with E-state index < -0.39 is 47.2 Å². The molecule has 1 N–H and O–H groups in total. The van der Waals surface area contributed by atoms with Crippen LogP contribution in [0.15, 0.2) is 41.3 Å². The second-order valence-electron chi connectivity index (χ2n) is 8.67. The van der Waals surface area contributed by atoms with Crippen molar-refractivity contribution in [2.24, 2.45) is 5.92 Å². The van der Waals surface area contributed by atoms with Crippen molar-refractivity contribution in [1.82, 2.24) is 14.9 Å². The van der Waals surface area contributed by atoms with E-state index in [-0.39, 0.29) is 40.8 Å². The lowest BCUT2D eigenvalue weighted by Gasteiger charge is -2.21. The molecule has 0 bridgehead atoms. The summed E-state index contributed by atoms with van der Waals surface area (Å²) in [6.45, 7) is 3.46. The molecular weight excluding hydrogens is 487 g/mol. The quantitative estimate of drug-likeness (QED) is 0.526. The van der Waals surface area contributed by atoms with Gasteiger partial charge in [-0.15, -0.1) is 0 Å². The van der Waals surface area contributed by atoms with Crippen LogP contribution in [0, 0.1) is 17.6 Å². The van der Waals surface area contributed by atoms with Crippen molar-refractivity contribution >= 4 is 28.7 Å². The number of hydrogen-bond acceptors (Lipinski definition) is 4. The van der Waals surface area contributed by atoms with E-state index in [1.165, 1.54) is 24.0 Å². The SMILES string of the molecule is CC[C@@H](NC(=O)c1cn(-c2ccc(F)cc2F)c2nc(N3CC(C)CC3=O)ccc2c1=O)C(F)(F)F. The van der Waals surface area contributed by atoms with Gasteiger partial charge in [0.15, 0.2) is 5.65 Å². The number of alkyl halides is 3. The van der Waals surface area contributed by atoms with Crippen molar-refractivity contribution in [3.8, 4) is 5.69 Å². The number of carbonyl (C=O) groups excluding carboxylic acids is 2. The number of rotatable bonds is 5. The van der Waals surface area contributed by atoms with E-state index in [2.05, 4.69) is 4.98 Å². The number of carbonyl (C=O) groups is 2. The molecular formula is C24H21F5N4O3. The molecule has 7 nitrogen and oxygen atoms in total. The van der Waals surface area contributed by atoms with E-state index in [4.69, 9.17) is 0 Å². The molecule has 12 heteroatoms. The third-order valence-corrected chi connectivity index (χ3v) is 5.95. The number of halogens is 5. The number of hydrogen-bond donors (Lipinski definition) is 1. The molecule has 0 radical (unpaired) electrons. The van der Waals surface area contributed by atoms with Crippen molar-refractivity contribution < 1.29 is 31.5 Å². The Kier molecular flexibility index (Phi) is 6.54. The van der Waals surface area contributed by atoms with E-state index in [1.807, 2.05) is 6.92 Å². The van der Waals surface area contributed by atoms with Gasteiger partial charge in [-0.25, -0.2) is 13.8 Å². The number of nitrogens with one attached hydrogen (secondary N) is 1. The minimum absolute atomic E-state index is 0.0537. The lowest BCUT2D eigenvalue weighted by Crippen LogP contribution is -2.46. The zero-order valence-electron chi connectivity index (χ0n) is 19.2. The van der Waals surface area contributed by atoms with Crippen molar-refractivity contribution in [1.29, 1.82) is 0 Å². The molecule has 190 valence electrons. The largest absolute Gasteiger partial charge is 0.408 e. The smallest absolute Gasteiger partial charge is 0.340 e. The summed E-state index contributed by atoms with van der Waals surface area (Å²) in [7, 11) is 0. The molecule has 1 aromatic carbocycles. The summed E-state index contributed by atoms with van der Waals surface area (Å²) in [5, 5.41) is 1.59. The van der Waals surface area contributed by atoms with Gasteiger partial charge in [0.25, 0.3) is 5.91 Å². The zero-order valence-corrected chi connectivity index (χ0v) is 19.2. The van der Waals surface area contributed by atoms with Gasteiger partial charge in [0.05, 0.1) is 11.1 Å². The predicted octanol–water partition coefficient (Wildman–Crippen LogP) is 4.11. The Balaban J connectivity index is 1.92. The molecule has 0 aliphatic carbocycles. The highest BCUT2D eigenvalue weighted by molar-refractivity contribution is 5.99. The average Bonchev–Trinajstić information content (AvgIpc) is 3.14. The van der Waals surface area contributed by atoms with Crippen LogP contribution in [0.25, 0.3) is 16.7 Å². The Hall–Kier alpha value is -3.83. The summed E-state index contributed by atoms with van der Waals surface area (Å²) in [6.07, 6.45) is -4.07. The molecule has 0 spiro atoms. The summed E-state index contributed by atoms with van der Waals surface area (Å²) in [5.41, 5.74) is -2.08. The highest BCUT2D eigenvalue weighted by atomic mass is 19.4. The minimum Gasteiger partial charge on any atom is -0.340 e. The van der Waals surface area contributed by atoms with Gasteiger partial charge in [-0.05, 0) is 36.6 Å². The highest BCUT2D eigenvalue weighted by Gasteiger charge is 2.40. The fourth-order valence-electron chi connectivity index (χ4n) is 4.12. The molecule has 2 atom stereocenters. The number of anilines is 1. The van der Waals surface area contributed by atoms with Crippen molar-refractivity contribution in [2.75, 3.05) is 11.4 Å². The number of pyridine rings is 2. The molecule has 1 fully saturated rings. The number of fused-ring (bicyclic) bond motifs is 1. The van der Waals surface area contributed by atoms with Gasteiger partial charge in [-0.2, -0.15) is 13.2 Å². The lowest BCUT2D eigenvalue weighted by atomic mass is 10.1. The minimum atomic E-state index is -4.75. The first kappa shape index (κ1) is 25.3. The molecule has 1 aliphatic heterocycles. The second-order valence-corrected chi connectivity index (χ2v) is 8.67. The molecule has 3 heterocycles. The average molecular weight is 508 g/mol. The molecule has 3 aromatic rings. The van der Waals surface area contributed by atoms with Crippen molar-refractivity contribution in [3.63, 3.8) is 0 Å². The fourth-order valence-corrected chi connectivity index (χ4v) is 4.12. The molecule has 1 unspecified atom stereocenters. The molecule has 4 rings (SSSR count). The Morgan fingerprint density at radius 3 is 2.50 bits per heavy atom. The Morgan fingerprint density at radius 1 is 1.19 bits per heavy atom. The van der Waals surface area contributed by atoms with Crippen LogP contribution < -0.4 is 15.6 Å². The number of aromatic nitrogens is 2. The first-order chi connectivity index (χ1) is 16.9. The Labute approximate surface area is 201 Å². The summed E-state index contributed by atoms with van der Waals surface area (Å²) in [6, 6.07) is 2.99. The van der Waals surface area contributed by atoms with Gasteiger partial charge >= 0.3 is 6.18 Å². The van der Waals surface area contributed by atoms with Crippen LogP contribution in [0.5, 0.6) is 0 Å². The predicted molar refractivity (Wildman–Crippen MR) is 121 cm³/mol. The van der Waals surface area contributed by atoms with Crippen LogP contribution in [0.3, 0.4) is 0 Å². The monoisotopic (exact) mass is 508 g/mol. The summed E-state index contributed by atoms with van der Waals surface area (Å²) in [4.78, 5) is 44.0.